The Kier molecular flexibility index (Phi) is 4.91. The SMILES string of the molecule is Cc1ccc(Cl)cc1NC(=O)N[C@@H](C)c1ccc(Cl)s1. The Labute approximate surface area is 131 Å². The first-order valence-electron chi connectivity index (χ1n) is 6.04. The van der Waals surface area contributed by atoms with E-state index in [-0.39, 0.29) is 12.1 Å². The number of amides is 2. The maximum Gasteiger partial charge on any atom is 0.319 e. The minimum atomic E-state index is -0.271. The van der Waals surface area contributed by atoms with Crippen LogP contribution in [0.5, 0.6) is 0 Å². The fraction of sp³-hybridized carbons (Fsp3) is 0.214. The standard InChI is InChI=1S/C14H14Cl2N2OS/c1-8-3-4-10(15)7-11(8)18-14(19)17-9(2)12-5-6-13(16)20-12/h3-7,9H,1-2H3,(H2,17,18,19)/t9-/m0/s1. The van der Waals surface area contributed by atoms with Gasteiger partial charge >= 0.3 is 6.03 Å². The summed E-state index contributed by atoms with van der Waals surface area (Å²) in [5, 5.41) is 6.25. The van der Waals surface area contributed by atoms with Gasteiger partial charge in [0.25, 0.3) is 0 Å². The minimum Gasteiger partial charge on any atom is -0.331 e. The minimum absolute atomic E-state index is 0.105. The van der Waals surface area contributed by atoms with Gasteiger partial charge in [-0.1, -0.05) is 29.3 Å². The highest BCUT2D eigenvalue weighted by molar-refractivity contribution is 7.16. The van der Waals surface area contributed by atoms with Crippen LogP contribution in [0, 0.1) is 6.92 Å². The Balaban J connectivity index is 2.00. The van der Waals surface area contributed by atoms with Crippen molar-refractivity contribution in [1.82, 2.24) is 5.32 Å². The molecule has 0 unspecified atom stereocenters. The van der Waals surface area contributed by atoms with Gasteiger partial charge in [0.05, 0.1) is 10.4 Å². The zero-order chi connectivity index (χ0) is 14.7. The number of hydrogen-bond acceptors (Lipinski definition) is 2. The van der Waals surface area contributed by atoms with Crippen LogP contribution in [0.3, 0.4) is 0 Å². The van der Waals surface area contributed by atoms with E-state index in [1.165, 1.54) is 11.3 Å². The Hall–Kier alpha value is -1.23. The van der Waals surface area contributed by atoms with Crippen molar-refractivity contribution in [2.24, 2.45) is 0 Å². The van der Waals surface area contributed by atoms with Crippen LogP contribution in [0.1, 0.15) is 23.4 Å². The smallest absolute Gasteiger partial charge is 0.319 e. The summed E-state index contributed by atoms with van der Waals surface area (Å²) in [5.41, 5.74) is 1.66. The topological polar surface area (TPSA) is 41.1 Å². The van der Waals surface area contributed by atoms with Gasteiger partial charge in [-0.15, -0.1) is 11.3 Å². The third-order valence-corrected chi connectivity index (χ3v) is 4.47. The normalized spacial score (nSPS) is 12.0. The van der Waals surface area contributed by atoms with E-state index in [4.69, 9.17) is 23.2 Å². The maximum atomic E-state index is 12.0. The molecule has 20 heavy (non-hydrogen) atoms. The highest BCUT2D eigenvalue weighted by Crippen LogP contribution is 2.27. The van der Waals surface area contributed by atoms with Crippen LogP contribution >= 0.6 is 34.5 Å². The molecule has 2 amide bonds. The van der Waals surface area contributed by atoms with Gasteiger partial charge in [-0.3, -0.25) is 0 Å². The van der Waals surface area contributed by atoms with Crippen molar-refractivity contribution in [2.45, 2.75) is 19.9 Å². The number of benzene rings is 1. The summed E-state index contributed by atoms with van der Waals surface area (Å²) < 4.78 is 0.708. The molecule has 2 aromatic rings. The summed E-state index contributed by atoms with van der Waals surface area (Å²) in [4.78, 5) is 13.0. The molecular formula is C14H14Cl2N2OS. The number of thiophene rings is 1. The number of hydrogen-bond donors (Lipinski definition) is 2. The van der Waals surface area contributed by atoms with Crippen LogP contribution < -0.4 is 10.6 Å². The first-order chi connectivity index (χ1) is 9.45. The molecule has 1 aromatic carbocycles. The molecule has 0 aliphatic rings. The lowest BCUT2D eigenvalue weighted by molar-refractivity contribution is 0.249. The van der Waals surface area contributed by atoms with Crippen LogP contribution in [0.15, 0.2) is 30.3 Å². The van der Waals surface area contributed by atoms with Crippen molar-refractivity contribution in [3.63, 3.8) is 0 Å². The van der Waals surface area contributed by atoms with Gasteiger partial charge in [-0.2, -0.15) is 0 Å². The molecule has 1 aromatic heterocycles. The van der Waals surface area contributed by atoms with E-state index in [1.54, 1.807) is 12.1 Å². The van der Waals surface area contributed by atoms with Gasteiger partial charge in [-0.25, -0.2) is 4.79 Å². The summed E-state index contributed by atoms with van der Waals surface area (Å²) in [5.74, 6) is 0. The van der Waals surface area contributed by atoms with Gasteiger partial charge in [0.1, 0.15) is 0 Å². The first-order valence-corrected chi connectivity index (χ1v) is 7.62. The van der Waals surface area contributed by atoms with Crippen LogP contribution in [0.4, 0.5) is 10.5 Å². The number of nitrogens with one attached hydrogen (secondary N) is 2. The number of carbonyl (C=O) groups excluding carboxylic acids is 1. The Morgan fingerprint density at radius 1 is 1.25 bits per heavy atom. The number of halogens is 2. The molecule has 106 valence electrons. The van der Waals surface area contributed by atoms with Crippen molar-refractivity contribution in [1.29, 1.82) is 0 Å². The van der Waals surface area contributed by atoms with E-state index in [2.05, 4.69) is 10.6 Å². The molecule has 1 heterocycles. The van der Waals surface area contributed by atoms with Gasteiger partial charge in [0.15, 0.2) is 0 Å². The average Bonchev–Trinajstić information content (AvgIpc) is 2.80. The highest BCUT2D eigenvalue weighted by atomic mass is 35.5. The molecule has 0 bridgehead atoms. The highest BCUT2D eigenvalue weighted by Gasteiger charge is 2.12. The van der Waals surface area contributed by atoms with E-state index in [1.807, 2.05) is 32.0 Å². The zero-order valence-corrected chi connectivity index (χ0v) is 13.4. The van der Waals surface area contributed by atoms with Crippen LogP contribution in [-0.2, 0) is 0 Å². The average molecular weight is 329 g/mol. The summed E-state index contributed by atoms with van der Waals surface area (Å²) in [6.07, 6.45) is 0. The van der Waals surface area contributed by atoms with E-state index in [9.17, 15) is 4.79 Å². The van der Waals surface area contributed by atoms with Crippen LogP contribution in [-0.4, -0.2) is 6.03 Å². The molecule has 6 heteroatoms. The maximum absolute atomic E-state index is 12.0. The lowest BCUT2D eigenvalue weighted by Crippen LogP contribution is -2.31. The predicted molar refractivity (Wildman–Crippen MR) is 86.1 cm³/mol. The van der Waals surface area contributed by atoms with Crippen molar-refractivity contribution in [2.75, 3.05) is 5.32 Å². The molecule has 2 N–H and O–H groups in total. The number of rotatable bonds is 3. The van der Waals surface area contributed by atoms with E-state index in [0.717, 1.165) is 10.4 Å². The molecule has 0 saturated heterocycles. The molecule has 0 fully saturated rings. The van der Waals surface area contributed by atoms with Gasteiger partial charge in [0.2, 0.25) is 0 Å². The van der Waals surface area contributed by atoms with Crippen LogP contribution in [0.2, 0.25) is 9.36 Å². The fourth-order valence-corrected chi connectivity index (χ4v) is 2.95. The van der Waals surface area contributed by atoms with Crippen molar-refractivity contribution in [3.8, 4) is 0 Å². The molecule has 0 spiro atoms. The second-order valence-electron chi connectivity index (χ2n) is 4.42. The quantitative estimate of drug-likeness (QED) is 0.794. The number of anilines is 1. The molecular weight excluding hydrogens is 315 g/mol. The number of urea groups is 1. The summed E-state index contributed by atoms with van der Waals surface area (Å²) in [6, 6.07) is 8.72. The Bertz CT molecular complexity index is 627. The van der Waals surface area contributed by atoms with E-state index < -0.39 is 0 Å². The van der Waals surface area contributed by atoms with Crippen molar-refractivity contribution < 1.29 is 4.79 Å². The van der Waals surface area contributed by atoms with Crippen molar-refractivity contribution >= 4 is 46.3 Å². The molecule has 3 nitrogen and oxygen atoms in total. The zero-order valence-electron chi connectivity index (χ0n) is 11.0. The third-order valence-electron chi connectivity index (χ3n) is 2.82. The second kappa shape index (κ2) is 6.48. The molecule has 1 atom stereocenters. The number of carbonyl (C=O) groups is 1. The van der Waals surface area contributed by atoms with Crippen LogP contribution in [0.25, 0.3) is 0 Å². The largest absolute Gasteiger partial charge is 0.331 e. The Morgan fingerprint density at radius 2 is 2.00 bits per heavy atom. The number of aryl methyl sites for hydroxylation is 1. The predicted octanol–water partition coefficient (Wildman–Crippen LogP) is 5.25. The first kappa shape index (κ1) is 15.2. The third kappa shape index (κ3) is 3.88. The molecule has 0 saturated carbocycles. The molecule has 0 radical (unpaired) electrons. The summed E-state index contributed by atoms with van der Waals surface area (Å²) in [6.45, 7) is 3.82. The lowest BCUT2D eigenvalue weighted by Gasteiger charge is -2.14. The molecule has 0 aliphatic carbocycles. The van der Waals surface area contributed by atoms with E-state index in [0.29, 0.717) is 15.0 Å². The van der Waals surface area contributed by atoms with Crippen molar-refractivity contribution in [3.05, 3.63) is 50.1 Å². The Morgan fingerprint density at radius 3 is 2.65 bits per heavy atom. The second-order valence-corrected chi connectivity index (χ2v) is 6.60. The monoisotopic (exact) mass is 328 g/mol. The summed E-state index contributed by atoms with van der Waals surface area (Å²) in [7, 11) is 0. The molecule has 0 aliphatic heterocycles. The lowest BCUT2D eigenvalue weighted by atomic mass is 10.2. The van der Waals surface area contributed by atoms with Gasteiger partial charge in [-0.05, 0) is 43.7 Å². The molecule has 2 rings (SSSR count). The van der Waals surface area contributed by atoms with Gasteiger partial charge in [0, 0.05) is 15.6 Å². The summed E-state index contributed by atoms with van der Waals surface area (Å²) >= 11 is 13.3. The fourth-order valence-electron chi connectivity index (χ4n) is 1.72. The van der Waals surface area contributed by atoms with E-state index >= 15 is 0 Å². The van der Waals surface area contributed by atoms with Gasteiger partial charge < -0.3 is 10.6 Å².